The summed E-state index contributed by atoms with van der Waals surface area (Å²) in [5, 5.41) is 7.35. The lowest BCUT2D eigenvalue weighted by molar-refractivity contribution is -0.122. The number of amides is 3. The van der Waals surface area contributed by atoms with Crippen molar-refractivity contribution in [3.63, 3.8) is 0 Å². The molecule has 5 N–H and O–H groups in total. The summed E-state index contributed by atoms with van der Waals surface area (Å²) in [6.45, 7) is 0.472. The summed E-state index contributed by atoms with van der Waals surface area (Å²) in [5.41, 5.74) is 9.11. The number of para-hydroxylation sites is 1. The summed E-state index contributed by atoms with van der Waals surface area (Å²) in [6, 6.07) is 23.4. The average molecular weight is 476 g/mol. The standard InChI is InChI=1S/C26H26ClN5O2/c27-20-10-12-21(13-11-20)31-32-26(34)30-24(16-19-17-29-23-9-5-4-8-22(19)23)25(33)28-15-14-18-6-2-1-3-7-18/h1-13,17,24,29,31H,14-16H2,(H,28,33)(H2,30,32,34). The molecule has 4 rings (SSSR count). The smallest absolute Gasteiger partial charge is 0.334 e. The molecule has 1 aromatic heterocycles. The third-order valence-electron chi connectivity index (χ3n) is 5.44. The van der Waals surface area contributed by atoms with Gasteiger partial charge in [-0.25, -0.2) is 4.79 Å². The molecule has 0 bridgehead atoms. The normalized spacial score (nSPS) is 11.6. The molecule has 0 saturated heterocycles. The monoisotopic (exact) mass is 475 g/mol. The number of carbonyl (C=O) groups excluding carboxylic acids is 2. The minimum atomic E-state index is -0.762. The van der Waals surface area contributed by atoms with Crippen LogP contribution in [0.5, 0.6) is 0 Å². The van der Waals surface area contributed by atoms with Crippen LogP contribution in [0, 0.1) is 0 Å². The maximum atomic E-state index is 13.0. The molecule has 1 atom stereocenters. The summed E-state index contributed by atoms with van der Waals surface area (Å²) >= 11 is 5.89. The number of nitrogens with one attached hydrogen (secondary N) is 5. The molecule has 3 aromatic carbocycles. The zero-order valence-electron chi connectivity index (χ0n) is 18.5. The molecule has 0 fully saturated rings. The van der Waals surface area contributed by atoms with E-state index in [9.17, 15) is 9.59 Å². The molecule has 0 spiro atoms. The molecule has 0 aliphatic heterocycles. The maximum absolute atomic E-state index is 13.0. The number of benzene rings is 3. The second-order valence-electron chi connectivity index (χ2n) is 7.87. The zero-order valence-corrected chi connectivity index (χ0v) is 19.2. The first-order chi connectivity index (χ1) is 16.6. The minimum Gasteiger partial charge on any atom is -0.361 e. The number of aromatic amines is 1. The van der Waals surface area contributed by atoms with Crippen molar-refractivity contribution in [3.05, 3.63) is 101 Å². The molecule has 8 heteroatoms. The molecule has 0 aliphatic rings. The van der Waals surface area contributed by atoms with Gasteiger partial charge >= 0.3 is 6.03 Å². The highest BCUT2D eigenvalue weighted by molar-refractivity contribution is 6.30. The Morgan fingerprint density at radius 2 is 1.65 bits per heavy atom. The first-order valence-corrected chi connectivity index (χ1v) is 11.4. The maximum Gasteiger partial charge on any atom is 0.334 e. The van der Waals surface area contributed by atoms with Gasteiger partial charge in [0.05, 0.1) is 5.69 Å². The van der Waals surface area contributed by atoms with Gasteiger partial charge in [-0.1, -0.05) is 60.1 Å². The van der Waals surface area contributed by atoms with E-state index in [1.165, 1.54) is 0 Å². The number of H-pyrrole nitrogens is 1. The van der Waals surface area contributed by atoms with Crippen molar-refractivity contribution in [2.45, 2.75) is 18.9 Å². The number of hydrazine groups is 1. The SMILES string of the molecule is O=C(NNc1ccc(Cl)cc1)NC(Cc1c[nH]c2ccccc12)C(=O)NCCc1ccccc1. The average Bonchev–Trinajstić information content (AvgIpc) is 3.27. The van der Waals surface area contributed by atoms with Gasteiger partial charge in [-0.05, 0) is 47.9 Å². The van der Waals surface area contributed by atoms with Crippen LogP contribution >= 0.6 is 11.6 Å². The van der Waals surface area contributed by atoms with Gasteiger partial charge in [0.2, 0.25) is 5.91 Å². The Labute approximate surface area is 202 Å². The van der Waals surface area contributed by atoms with E-state index in [-0.39, 0.29) is 5.91 Å². The van der Waals surface area contributed by atoms with Gasteiger partial charge in [0.25, 0.3) is 0 Å². The molecule has 1 heterocycles. The van der Waals surface area contributed by atoms with Crippen molar-refractivity contribution in [1.29, 1.82) is 0 Å². The van der Waals surface area contributed by atoms with Crippen molar-refractivity contribution in [3.8, 4) is 0 Å². The number of halogens is 1. The van der Waals surface area contributed by atoms with Crippen LogP contribution in [0.4, 0.5) is 10.5 Å². The lowest BCUT2D eigenvalue weighted by atomic mass is 10.0. The van der Waals surface area contributed by atoms with Crippen LogP contribution in [0.2, 0.25) is 5.02 Å². The Balaban J connectivity index is 1.40. The van der Waals surface area contributed by atoms with Crippen LogP contribution in [0.25, 0.3) is 10.9 Å². The molecule has 0 aliphatic carbocycles. The highest BCUT2D eigenvalue weighted by atomic mass is 35.5. The highest BCUT2D eigenvalue weighted by Crippen LogP contribution is 2.19. The van der Waals surface area contributed by atoms with Gasteiger partial charge in [0.1, 0.15) is 6.04 Å². The van der Waals surface area contributed by atoms with Gasteiger partial charge in [0.15, 0.2) is 0 Å². The van der Waals surface area contributed by atoms with Gasteiger partial charge in [0, 0.05) is 35.1 Å². The van der Waals surface area contributed by atoms with Crippen molar-refractivity contribution in [1.82, 2.24) is 21.0 Å². The minimum absolute atomic E-state index is 0.247. The molecule has 7 nitrogen and oxygen atoms in total. The van der Waals surface area contributed by atoms with Crippen LogP contribution < -0.4 is 21.5 Å². The van der Waals surface area contributed by atoms with E-state index < -0.39 is 12.1 Å². The van der Waals surface area contributed by atoms with E-state index in [4.69, 9.17) is 11.6 Å². The van der Waals surface area contributed by atoms with E-state index in [2.05, 4.69) is 26.5 Å². The number of rotatable bonds is 9. The lowest BCUT2D eigenvalue weighted by Crippen LogP contribution is -2.52. The van der Waals surface area contributed by atoms with Crippen molar-refractivity contribution >= 4 is 40.1 Å². The predicted octanol–water partition coefficient (Wildman–Crippen LogP) is 4.42. The molecule has 1 unspecified atom stereocenters. The summed E-state index contributed by atoms with van der Waals surface area (Å²) in [6.07, 6.45) is 2.92. The van der Waals surface area contributed by atoms with Gasteiger partial charge < -0.3 is 15.6 Å². The van der Waals surface area contributed by atoms with E-state index in [1.54, 1.807) is 24.3 Å². The summed E-state index contributed by atoms with van der Waals surface area (Å²) < 4.78 is 0. The quantitative estimate of drug-likeness (QED) is 0.232. The van der Waals surface area contributed by atoms with E-state index in [0.29, 0.717) is 30.1 Å². The number of carbonyl (C=O) groups is 2. The number of anilines is 1. The molecular weight excluding hydrogens is 450 g/mol. The Hall–Kier alpha value is -3.97. The molecule has 174 valence electrons. The molecule has 4 aromatic rings. The number of hydrogen-bond donors (Lipinski definition) is 5. The summed E-state index contributed by atoms with van der Waals surface area (Å²) in [7, 11) is 0. The second-order valence-corrected chi connectivity index (χ2v) is 8.31. The van der Waals surface area contributed by atoms with E-state index in [0.717, 1.165) is 22.0 Å². The van der Waals surface area contributed by atoms with Gasteiger partial charge in [-0.3, -0.25) is 15.6 Å². The number of fused-ring (bicyclic) bond motifs is 1. The van der Waals surface area contributed by atoms with Crippen LogP contribution in [-0.2, 0) is 17.6 Å². The van der Waals surface area contributed by atoms with Gasteiger partial charge in [-0.15, -0.1) is 0 Å². The third-order valence-corrected chi connectivity index (χ3v) is 5.69. The first kappa shape index (κ1) is 23.2. The van der Waals surface area contributed by atoms with Crippen LogP contribution in [0.3, 0.4) is 0 Å². The second kappa shape index (κ2) is 11.2. The van der Waals surface area contributed by atoms with Gasteiger partial charge in [-0.2, -0.15) is 0 Å². The summed E-state index contributed by atoms with van der Waals surface area (Å²) in [5.74, 6) is -0.247. The molecule has 0 radical (unpaired) electrons. The van der Waals surface area contributed by atoms with Crippen molar-refractivity contribution in [2.75, 3.05) is 12.0 Å². The predicted molar refractivity (Wildman–Crippen MR) is 136 cm³/mol. The number of hydrogen-bond acceptors (Lipinski definition) is 3. The Morgan fingerprint density at radius 3 is 2.44 bits per heavy atom. The molecule has 34 heavy (non-hydrogen) atoms. The van der Waals surface area contributed by atoms with Crippen LogP contribution in [-0.4, -0.2) is 29.5 Å². The Kier molecular flexibility index (Phi) is 7.67. The fraction of sp³-hybridized carbons (Fsp3) is 0.154. The lowest BCUT2D eigenvalue weighted by Gasteiger charge is -2.19. The van der Waals surface area contributed by atoms with Crippen LogP contribution in [0.15, 0.2) is 85.1 Å². The highest BCUT2D eigenvalue weighted by Gasteiger charge is 2.22. The third kappa shape index (κ3) is 6.30. The Bertz CT molecular complexity index is 1240. The fourth-order valence-electron chi connectivity index (χ4n) is 3.68. The summed E-state index contributed by atoms with van der Waals surface area (Å²) in [4.78, 5) is 28.8. The topological polar surface area (TPSA) is 98.1 Å². The first-order valence-electron chi connectivity index (χ1n) is 11.0. The molecule has 0 saturated carbocycles. The van der Waals surface area contributed by atoms with Crippen molar-refractivity contribution in [2.24, 2.45) is 0 Å². The number of aromatic nitrogens is 1. The van der Waals surface area contributed by atoms with Crippen molar-refractivity contribution < 1.29 is 9.59 Å². The zero-order chi connectivity index (χ0) is 23.8. The largest absolute Gasteiger partial charge is 0.361 e. The Morgan fingerprint density at radius 1 is 0.912 bits per heavy atom. The number of urea groups is 1. The van der Waals surface area contributed by atoms with E-state index >= 15 is 0 Å². The van der Waals surface area contributed by atoms with E-state index in [1.807, 2.05) is 60.8 Å². The van der Waals surface area contributed by atoms with Crippen LogP contribution in [0.1, 0.15) is 11.1 Å². The molecule has 3 amide bonds. The molecular formula is C26H26ClN5O2. The fourth-order valence-corrected chi connectivity index (χ4v) is 3.81.